The monoisotopic (exact) mass is 428 g/mol. The average molecular weight is 430 g/mol. The maximum absolute atomic E-state index is 12.8. The number of aliphatic hydroxyl groups excluding tert-OH is 1. The number of benzene rings is 1. The summed E-state index contributed by atoms with van der Waals surface area (Å²) in [6.07, 6.45) is 1.38. The quantitative estimate of drug-likeness (QED) is 0.643. The Balaban J connectivity index is 1.91. The minimum atomic E-state index is -2.94. The van der Waals surface area contributed by atoms with Crippen molar-refractivity contribution in [2.45, 2.75) is 25.1 Å². The van der Waals surface area contributed by atoms with Gasteiger partial charge in [-0.1, -0.05) is 11.6 Å². The SMILES string of the molecule is OC1CC(c2cc(Cl)ccc2OC(F)F)c2c1nc1ccc(Br)cn21. The van der Waals surface area contributed by atoms with Crippen molar-refractivity contribution >= 4 is 33.2 Å². The van der Waals surface area contributed by atoms with Crippen LogP contribution in [-0.2, 0) is 0 Å². The molecule has 0 fully saturated rings. The van der Waals surface area contributed by atoms with Gasteiger partial charge in [-0.3, -0.25) is 0 Å². The molecule has 4 rings (SSSR count). The second-order valence-electron chi connectivity index (χ2n) is 5.82. The predicted octanol–water partition coefficient (Wildman–Crippen LogP) is 4.92. The van der Waals surface area contributed by atoms with Gasteiger partial charge in [0.2, 0.25) is 0 Å². The maximum Gasteiger partial charge on any atom is 0.387 e. The summed E-state index contributed by atoms with van der Waals surface area (Å²) in [5, 5.41) is 10.8. The summed E-state index contributed by atoms with van der Waals surface area (Å²) in [6, 6.07) is 8.20. The Morgan fingerprint density at radius 1 is 1.32 bits per heavy atom. The summed E-state index contributed by atoms with van der Waals surface area (Å²) in [5.41, 5.74) is 2.49. The second-order valence-corrected chi connectivity index (χ2v) is 7.17. The Morgan fingerprint density at radius 2 is 2.12 bits per heavy atom. The number of hydrogen-bond donors (Lipinski definition) is 1. The molecular formula is C17H12BrClF2N2O2. The van der Waals surface area contributed by atoms with Gasteiger partial charge in [-0.25, -0.2) is 4.98 Å². The average Bonchev–Trinajstić information content (AvgIpc) is 3.07. The van der Waals surface area contributed by atoms with Gasteiger partial charge in [-0.2, -0.15) is 8.78 Å². The van der Waals surface area contributed by atoms with Crippen LogP contribution < -0.4 is 4.74 Å². The number of halogens is 4. The molecule has 2 aromatic heterocycles. The van der Waals surface area contributed by atoms with E-state index >= 15 is 0 Å². The summed E-state index contributed by atoms with van der Waals surface area (Å²) in [6.45, 7) is -2.94. The van der Waals surface area contributed by atoms with Gasteiger partial charge in [0.1, 0.15) is 11.4 Å². The molecule has 0 saturated carbocycles. The molecule has 1 aliphatic carbocycles. The molecule has 2 heterocycles. The number of aromatic nitrogens is 2. The third kappa shape index (κ3) is 2.90. The summed E-state index contributed by atoms with van der Waals surface area (Å²) in [7, 11) is 0. The van der Waals surface area contributed by atoms with Crippen molar-refractivity contribution in [3.63, 3.8) is 0 Å². The topological polar surface area (TPSA) is 46.8 Å². The standard InChI is InChI=1S/C17H12BrClF2N2O2/c18-8-1-4-14-22-15-12(24)6-11(16(15)23(14)7-8)10-5-9(19)2-3-13(10)25-17(20)21/h1-5,7,11-12,17,24H,6H2. The molecule has 1 N–H and O–H groups in total. The molecule has 0 spiro atoms. The Bertz CT molecular complexity index is 963. The second kappa shape index (κ2) is 6.23. The van der Waals surface area contributed by atoms with Crippen LogP contribution in [0.1, 0.15) is 35.4 Å². The highest BCUT2D eigenvalue weighted by Gasteiger charge is 2.37. The van der Waals surface area contributed by atoms with Gasteiger partial charge in [0.15, 0.2) is 0 Å². The van der Waals surface area contributed by atoms with E-state index in [0.29, 0.717) is 28.3 Å². The van der Waals surface area contributed by atoms with E-state index in [-0.39, 0.29) is 11.7 Å². The van der Waals surface area contributed by atoms with E-state index in [1.807, 2.05) is 22.7 Å². The van der Waals surface area contributed by atoms with E-state index < -0.39 is 12.7 Å². The van der Waals surface area contributed by atoms with Crippen molar-refractivity contribution in [3.8, 4) is 5.75 Å². The summed E-state index contributed by atoms with van der Waals surface area (Å²) < 4.78 is 32.9. The normalized spacial score (nSPS) is 19.6. The maximum atomic E-state index is 12.8. The molecule has 0 aliphatic heterocycles. The van der Waals surface area contributed by atoms with Crippen LogP contribution in [0, 0.1) is 0 Å². The highest BCUT2D eigenvalue weighted by molar-refractivity contribution is 9.10. The van der Waals surface area contributed by atoms with Gasteiger partial charge in [-0.05, 0) is 52.7 Å². The number of rotatable bonds is 3. The smallest absolute Gasteiger partial charge is 0.387 e. The lowest BCUT2D eigenvalue weighted by Crippen LogP contribution is -2.08. The zero-order valence-electron chi connectivity index (χ0n) is 12.7. The molecule has 4 nitrogen and oxygen atoms in total. The molecule has 2 atom stereocenters. The van der Waals surface area contributed by atoms with Crippen LogP contribution in [0.3, 0.4) is 0 Å². The molecule has 0 bridgehead atoms. The molecule has 0 saturated heterocycles. The van der Waals surface area contributed by atoms with E-state index in [0.717, 1.165) is 10.2 Å². The van der Waals surface area contributed by atoms with Gasteiger partial charge in [-0.15, -0.1) is 0 Å². The molecule has 3 aromatic rings. The van der Waals surface area contributed by atoms with Crippen LogP contribution in [0.4, 0.5) is 8.78 Å². The predicted molar refractivity (Wildman–Crippen MR) is 92.4 cm³/mol. The van der Waals surface area contributed by atoms with E-state index in [1.165, 1.54) is 12.1 Å². The fourth-order valence-electron chi connectivity index (χ4n) is 3.36. The summed E-state index contributed by atoms with van der Waals surface area (Å²) in [5.74, 6) is -0.309. The number of nitrogens with zero attached hydrogens (tertiary/aromatic N) is 2. The lowest BCUT2D eigenvalue weighted by molar-refractivity contribution is -0.0505. The molecule has 0 radical (unpaired) electrons. The Morgan fingerprint density at radius 3 is 2.88 bits per heavy atom. The van der Waals surface area contributed by atoms with Crippen molar-refractivity contribution in [2.24, 2.45) is 0 Å². The zero-order valence-corrected chi connectivity index (χ0v) is 15.0. The largest absolute Gasteiger partial charge is 0.435 e. The third-order valence-corrected chi connectivity index (χ3v) is 5.02. The molecule has 0 amide bonds. The van der Waals surface area contributed by atoms with Crippen molar-refractivity contribution in [1.82, 2.24) is 9.38 Å². The molecule has 8 heteroatoms. The number of ether oxygens (including phenoxy) is 1. The minimum Gasteiger partial charge on any atom is -0.435 e. The molecule has 2 unspecified atom stereocenters. The van der Waals surface area contributed by atoms with Gasteiger partial charge in [0, 0.05) is 27.2 Å². The Labute approximate surface area is 155 Å². The molecule has 25 heavy (non-hydrogen) atoms. The number of fused-ring (bicyclic) bond motifs is 3. The van der Waals surface area contributed by atoms with Crippen LogP contribution in [-0.4, -0.2) is 21.1 Å². The number of imidazole rings is 1. The highest BCUT2D eigenvalue weighted by atomic mass is 79.9. The molecule has 130 valence electrons. The first-order valence-electron chi connectivity index (χ1n) is 7.53. The first-order chi connectivity index (χ1) is 11.9. The molecular weight excluding hydrogens is 418 g/mol. The number of alkyl halides is 2. The Hall–Kier alpha value is -1.70. The summed E-state index contributed by atoms with van der Waals surface area (Å²) in [4.78, 5) is 4.47. The molecule has 1 aromatic carbocycles. The van der Waals surface area contributed by atoms with E-state index in [9.17, 15) is 13.9 Å². The van der Waals surface area contributed by atoms with Crippen LogP contribution in [0.25, 0.3) is 5.65 Å². The van der Waals surface area contributed by atoms with E-state index in [1.54, 1.807) is 6.07 Å². The van der Waals surface area contributed by atoms with E-state index in [4.69, 9.17) is 11.6 Å². The fourth-order valence-corrected chi connectivity index (χ4v) is 3.88. The van der Waals surface area contributed by atoms with E-state index in [2.05, 4.69) is 25.7 Å². The fraction of sp³-hybridized carbons (Fsp3) is 0.235. The lowest BCUT2D eigenvalue weighted by atomic mass is 9.95. The van der Waals surface area contributed by atoms with Gasteiger partial charge in [0.25, 0.3) is 0 Å². The number of pyridine rings is 1. The van der Waals surface area contributed by atoms with Crippen molar-refractivity contribution in [1.29, 1.82) is 0 Å². The van der Waals surface area contributed by atoms with Crippen LogP contribution in [0.15, 0.2) is 41.0 Å². The van der Waals surface area contributed by atoms with Crippen LogP contribution in [0.2, 0.25) is 5.02 Å². The number of hydrogen-bond acceptors (Lipinski definition) is 3. The van der Waals surface area contributed by atoms with Gasteiger partial charge >= 0.3 is 6.61 Å². The van der Waals surface area contributed by atoms with Crippen molar-refractivity contribution < 1.29 is 18.6 Å². The third-order valence-electron chi connectivity index (χ3n) is 4.32. The molecule has 1 aliphatic rings. The first kappa shape index (κ1) is 16.8. The zero-order chi connectivity index (χ0) is 17.7. The van der Waals surface area contributed by atoms with Crippen LogP contribution in [0.5, 0.6) is 5.75 Å². The van der Waals surface area contributed by atoms with Gasteiger partial charge in [0.05, 0.1) is 17.5 Å². The van der Waals surface area contributed by atoms with Crippen molar-refractivity contribution in [3.05, 3.63) is 63.0 Å². The lowest BCUT2D eigenvalue weighted by Gasteiger charge is -2.18. The first-order valence-corrected chi connectivity index (χ1v) is 8.71. The minimum absolute atomic E-state index is 0.0504. The van der Waals surface area contributed by atoms with Gasteiger partial charge < -0.3 is 14.2 Å². The van der Waals surface area contributed by atoms with Crippen LogP contribution >= 0.6 is 27.5 Å². The van der Waals surface area contributed by atoms with Crippen molar-refractivity contribution in [2.75, 3.05) is 0 Å². The Kier molecular flexibility index (Phi) is 4.17. The highest BCUT2D eigenvalue weighted by Crippen LogP contribution is 2.47. The number of aliphatic hydroxyl groups is 1. The summed E-state index contributed by atoms with van der Waals surface area (Å²) >= 11 is 9.50.